The molecule has 1 aromatic carbocycles. The number of benzene rings is 1. The lowest BCUT2D eigenvalue weighted by atomic mass is 9.94. The van der Waals surface area contributed by atoms with Gasteiger partial charge in [0.05, 0.1) is 18.8 Å². The van der Waals surface area contributed by atoms with E-state index in [2.05, 4.69) is 45.0 Å². The van der Waals surface area contributed by atoms with Crippen LogP contribution in [0.25, 0.3) is 0 Å². The van der Waals surface area contributed by atoms with Crippen LogP contribution in [0.2, 0.25) is 0 Å². The van der Waals surface area contributed by atoms with E-state index in [-0.39, 0.29) is 11.7 Å². The van der Waals surface area contributed by atoms with E-state index in [0.717, 1.165) is 6.42 Å². The van der Waals surface area contributed by atoms with Crippen molar-refractivity contribution in [2.45, 2.75) is 70.9 Å². The van der Waals surface area contributed by atoms with Gasteiger partial charge in [-0.3, -0.25) is 0 Å². The molecule has 20 heavy (non-hydrogen) atoms. The molecule has 2 nitrogen and oxygen atoms in total. The SMILES string of the molecule is CCCCC12OC1CC(C)C2OCc1ccccc1C. The number of fused-ring (bicyclic) bond motifs is 1. The lowest BCUT2D eigenvalue weighted by molar-refractivity contribution is -0.0471. The van der Waals surface area contributed by atoms with Crippen molar-refractivity contribution in [1.29, 1.82) is 0 Å². The third-order valence-corrected chi connectivity index (χ3v) is 5.03. The Hall–Kier alpha value is -0.860. The van der Waals surface area contributed by atoms with Crippen molar-refractivity contribution in [1.82, 2.24) is 0 Å². The Morgan fingerprint density at radius 1 is 1.35 bits per heavy atom. The molecule has 0 N–H and O–H groups in total. The van der Waals surface area contributed by atoms with Gasteiger partial charge in [-0.1, -0.05) is 51.0 Å². The van der Waals surface area contributed by atoms with Crippen LogP contribution in [0.4, 0.5) is 0 Å². The van der Waals surface area contributed by atoms with E-state index in [1.54, 1.807) is 0 Å². The third kappa shape index (κ3) is 2.40. The van der Waals surface area contributed by atoms with Crippen molar-refractivity contribution in [2.75, 3.05) is 0 Å². The summed E-state index contributed by atoms with van der Waals surface area (Å²) in [5.41, 5.74) is 2.67. The molecule has 3 rings (SSSR count). The maximum Gasteiger partial charge on any atom is 0.121 e. The molecular formula is C18H26O2. The van der Waals surface area contributed by atoms with Crippen LogP contribution in [0.1, 0.15) is 50.7 Å². The Bertz CT molecular complexity index is 470. The van der Waals surface area contributed by atoms with Gasteiger partial charge >= 0.3 is 0 Å². The smallest absolute Gasteiger partial charge is 0.121 e. The molecule has 1 aromatic rings. The standard InChI is InChI=1S/C18H26O2/c1-4-5-10-18-16(20-18)11-14(3)17(18)19-12-15-9-7-6-8-13(15)2/h6-9,14,16-17H,4-5,10-12H2,1-3H3. The summed E-state index contributed by atoms with van der Waals surface area (Å²) >= 11 is 0. The zero-order valence-corrected chi connectivity index (χ0v) is 12.9. The van der Waals surface area contributed by atoms with E-state index in [4.69, 9.17) is 9.47 Å². The zero-order valence-electron chi connectivity index (χ0n) is 12.9. The van der Waals surface area contributed by atoms with E-state index in [0.29, 0.717) is 18.6 Å². The minimum atomic E-state index is 0.0537. The predicted molar refractivity (Wildman–Crippen MR) is 80.7 cm³/mol. The fourth-order valence-corrected chi connectivity index (χ4v) is 3.74. The molecule has 0 amide bonds. The largest absolute Gasteiger partial charge is 0.370 e. The molecule has 1 aliphatic heterocycles. The lowest BCUT2D eigenvalue weighted by Crippen LogP contribution is -2.34. The Kier molecular flexibility index (Phi) is 3.87. The highest BCUT2D eigenvalue weighted by molar-refractivity contribution is 5.25. The van der Waals surface area contributed by atoms with Crippen molar-refractivity contribution in [3.05, 3.63) is 35.4 Å². The average Bonchev–Trinajstić information content (AvgIpc) is 3.05. The maximum absolute atomic E-state index is 6.31. The molecule has 2 aliphatic rings. The second-order valence-corrected chi connectivity index (χ2v) is 6.54. The number of ether oxygens (including phenoxy) is 2. The van der Waals surface area contributed by atoms with Gasteiger partial charge in [0, 0.05) is 0 Å². The molecule has 4 unspecified atom stereocenters. The summed E-state index contributed by atoms with van der Waals surface area (Å²) in [6, 6.07) is 8.49. The molecule has 2 heteroatoms. The summed E-state index contributed by atoms with van der Waals surface area (Å²) in [5, 5.41) is 0. The van der Waals surface area contributed by atoms with Gasteiger partial charge in [-0.2, -0.15) is 0 Å². The third-order valence-electron chi connectivity index (χ3n) is 5.03. The van der Waals surface area contributed by atoms with E-state index >= 15 is 0 Å². The van der Waals surface area contributed by atoms with Gasteiger partial charge in [0.2, 0.25) is 0 Å². The van der Waals surface area contributed by atoms with Crippen LogP contribution in [0, 0.1) is 12.8 Å². The lowest BCUT2D eigenvalue weighted by Gasteiger charge is -2.26. The molecule has 4 atom stereocenters. The van der Waals surface area contributed by atoms with Crippen LogP contribution in [0.5, 0.6) is 0 Å². The van der Waals surface area contributed by atoms with Gasteiger partial charge in [-0.15, -0.1) is 0 Å². The van der Waals surface area contributed by atoms with Crippen LogP contribution in [-0.2, 0) is 16.1 Å². The van der Waals surface area contributed by atoms with E-state index in [1.807, 2.05) is 0 Å². The van der Waals surface area contributed by atoms with E-state index in [9.17, 15) is 0 Å². The maximum atomic E-state index is 6.31. The van der Waals surface area contributed by atoms with E-state index < -0.39 is 0 Å². The average molecular weight is 274 g/mol. The Labute approximate surface area is 122 Å². The second-order valence-electron chi connectivity index (χ2n) is 6.54. The molecule has 0 radical (unpaired) electrons. The summed E-state index contributed by atoms with van der Waals surface area (Å²) in [5.74, 6) is 0.620. The molecule has 0 aromatic heterocycles. The molecule has 1 aliphatic carbocycles. The molecule has 1 saturated carbocycles. The number of epoxide rings is 1. The van der Waals surface area contributed by atoms with Crippen molar-refractivity contribution in [3.63, 3.8) is 0 Å². The van der Waals surface area contributed by atoms with Crippen molar-refractivity contribution < 1.29 is 9.47 Å². The first-order valence-corrected chi connectivity index (χ1v) is 8.01. The first-order valence-electron chi connectivity index (χ1n) is 8.01. The fourth-order valence-electron chi connectivity index (χ4n) is 3.74. The minimum Gasteiger partial charge on any atom is -0.370 e. The van der Waals surface area contributed by atoms with Gasteiger partial charge < -0.3 is 9.47 Å². The summed E-state index contributed by atoms with van der Waals surface area (Å²) in [7, 11) is 0. The number of aryl methyl sites for hydroxylation is 1. The molecule has 110 valence electrons. The predicted octanol–water partition coefficient (Wildman–Crippen LogP) is 4.25. The van der Waals surface area contributed by atoms with Crippen molar-refractivity contribution >= 4 is 0 Å². The van der Waals surface area contributed by atoms with Gasteiger partial charge in [0.1, 0.15) is 5.60 Å². The highest BCUT2D eigenvalue weighted by atomic mass is 16.6. The van der Waals surface area contributed by atoms with Crippen LogP contribution >= 0.6 is 0 Å². The topological polar surface area (TPSA) is 21.8 Å². The van der Waals surface area contributed by atoms with Gasteiger partial charge in [-0.05, 0) is 36.8 Å². The van der Waals surface area contributed by atoms with Crippen LogP contribution in [0.3, 0.4) is 0 Å². The molecule has 1 heterocycles. The number of unbranched alkanes of at least 4 members (excludes halogenated alkanes) is 1. The van der Waals surface area contributed by atoms with Crippen LogP contribution in [-0.4, -0.2) is 17.8 Å². The normalized spacial score (nSPS) is 35.0. The van der Waals surface area contributed by atoms with Gasteiger partial charge in [0.25, 0.3) is 0 Å². The number of rotatable bonds is 6. The first-order chi connectivity index (χ1) is 9.67. The minimum absolute atomic E-state index is 0.0537. The molecule has 0 spiro atoms. The van der Waals surface area contributed by atoms with Gasteiger partial charge in [0.15, 0.2) is 0 Å². The summed E-state index contributed by atoms with van der Waals surface area (Å²) < 4.78 is 12.3. The second kappa shape index (κ2) is 5.50. The number of hydrogen-bond donors (Lipinski definition) is 0. The fraction of sp³-hybridized carbons (Fsp3) is 0.667. The molecule has 0 bridgehead atoms. The zero-order chi connectivity index (χ0) is 14.2. The summed E-state index contributed by atoms with van der Waals surface area (Å²) in [4.78, 5) is 0. The quantitative estimate of drug-likeness (QED) is 0.723. The van der Waals surface area contributed by atoms with Crippen LogP contribution in [0.15, 0.2) is 24.3 Å². The first kappa shape index (κ1) is 14.1. The molecular weight excluding hydrogens is 248 g/mol. The highest BCUT2D eigenvalue weighted by Crippen LogP contribution is 2.56. The Morgan fingerprint density at radius 2 is 2.15 bits per heavy atom. The highest BCUT2D eigenvalue weighted by Gasteiger charge is 2.67. The monoisotopic (exact) mass is 274 g/mol. The van der Waals surface area contributed by atoms with Gasteiger partial charge in [-0.25, -0.2) is 0 Å². The summed E-state index contributed by atoms with van der Waals surface area (Å²) in [6.45, 7) is 7.42. The Morgan fingerprint density at radius 3 is 2.90 bits per heavy atom. The number of hydrogen-bond acceptors (Lipinski definition) is 2. The van der Waals surface area contributed by atoms with Crippen molar-refractivity contribution in [2.24, 2.45) is 5.92 Å². The van der Waals surface area contributed by atoms with Crippen molar-refractivity contribution in [3.8, 4) is 0 Å². The summed E-state index contributed by atoms with van der Waals surface area (Å²) in [6.07, 6.45) is 5.55. The molecule has 2 fully saturated rings. The van der Waals surface area contributed by atoms with E-state index in [1.165, 1.54) is 30.4 Å². The van der Waals surface area contributed by atoms with Crippen LogP contribution < -0.4 is 0 Å². The molecule has 1 saturated heterocycles. The Balaban J connectivity index is 1.65.